The zero-order chi connectivity index (χ0) is 27.8. The number of hydrogen-bond acceptors (Lipinski definition) is 5. The predicted octanol–water partition coefficient (Wildman–Crippen LogP) is 3.07. The normalized spacial score (nSPS) is 19.5. The van der Waals surface area contributed by atoms with Gasteiger partial charge >= 0.3 is 0 Å². The number of carbonyl (C=O) groups excluding carboxylic acids is 4. The first-order valence-electron chi connectivity index (χ1n) is 13.4. The first-order chi connectivity index (χ1) is 18.6. The number of H-pyrrole nitrogens is 1. The fraction of sp³-hybridized carbons (Fsp3) is 0.400. The summed E-state index contributed by atoms with van der Waals surface area (Å²) in [6.45, 7) is 4.32. The van der Waals surface area contributed by atoms with Crippen molar-refractivity contribution in [3.8, 4) is 0 Å². The Kier molecular flexibility index (Phi) is 7.16. The highest BCUT2D eigenvalue weighted by atomic mass is 16.2. The average molecular weight is 530 g/mol. The number of rotatable bonds is 7. The lowest BCUT2D eigenvalue weighted by Crippen LogP contribution is -2.53. The number of nitrogens with one attached hydrogen (secondary N) is 2. The van der Waals surface area contributed by atoms with Crippen LogP contribution in [0.25, 0.3) is 10.9 Å². The number of carbonyl (C=O) groups is 4. The summed E-state index contributed by atoms with van der Waals surface area (Å²) in [6, 6.07) is 12.7. The van der Waals surface area contributed by atoms with Gasteiger partial charge in [0.05, 0.1) is 12.6 Å². The molecule has 5 rings (SSSR count). The first kappa shape index (κ1) is 26.5. The Morgan fingerprint density at radius 2 is 1.74 bits per heavy atom. The van der Waals surface area contributed by atoms with E-state index in [0.717, 1.165) is 16.6 Å². The van der Waals surface area contributed by atoms with E-state index in [0.29, 0.717) is 30.5 Å². The molecular formula is C30H35N5O4. The van der Waals surface area contributed by atoms with E-state index in [2.05, 4.69) is 10.3 Å². The van der Waals surface area contributed by atoms with E-state index in [9.17, 15) is 19.2 Å². The Bertz CT molecular complexity index is 1410. The molecule has 9 heteroatoms. The molecule has 204 valence electrons. The molecule has 0 radical (unpaired) electrons. The smallest absolute Gasteiger partial charge is 0.254 e. The number of likely N-dealkylation sites (tertiary alicyclic amines) is 2. The topological polar surface area (TPSA) is 106 Å². The van der Waals surface area contributed by atoms with Gasteiger partial charge in [0.25, 0.3) is 11.8 Å². The van der Waals surface area contributed by atoms with Gasteiger partial charge in [0, 0.05) is 49.2 Å². The van der Waals surface area contributed by atoms with Gasteiger partial charge in [-0.15, -0.1) is 0 Å². The molecule has 1 aromatic heterocycles. The summed E-state index contributed by atoms with van der Waals surface area (Å²) in [5.74, 6) is -0.813. The largest absolute Gasteiger partial charge is 0.378 e. The number of anilines is 1. The van der Waals surface area contributed by atoms with Gasteiger partial charge in [-0.1, -0.05) is 19.9 Å². The van der Waals surface area contributed by atoms with Crippen LogP contribution >= 0.6 is 0 Å². The Hall–Kier alpha value is -4.14. The maximum atomic E-state index is 13.8. The van der Waals surface area contributed by atoms with Crippen molar-refractivity contribution in [3.05, 3.63) is 65.9 Å². The molecule has 2 N–H and O–H groups in total. The van der Waals surface area contributed by atoms with Gasteiger partial charge in [-0.05, 0) is 66.6 Å². The molecule has 3 atom stereocenters. The summed E-state index contributed by atoms with van der Waals surface area (Å²) in [6.07, 6.45) is 2.79. The quantitative estimate of drug-likeness (QED) is 0.489. The number of amides is 3. The highest BCUT2D eigenvalue weighted by Gasteiger charge is 2.52. The molecular weight excluding hydrogens is 494 g/mol. The van der Waals surface area contributed by atoms with Gasteiger partial charge in [-0.2, -0.15) is 0 Å². The molecule has 3 amide bonds. The fourth-order valence-electron chi connectivity index (χ4n) is 5.73. The third-order valence-electron chi connectivity index (χ3n) is 7.72. The summed E-state index contributed by atoms with van der Waals surface area (Å²) in [7, 11) is 3.85. The highest BCUT2D eigenvalue weighted by molar-refractivity contribution is 6.04. The number of Topliss-reactive ketones (excluding diaryl/α,β-unsaturated/α-hetero) is 1. The summed E-state index contributed by atoms with van der Waals surface area (Å²) in [5, 5.41) is 3.93. The second-order valence-electron chi connectivity index (χ2n) is 11.1. The molecule has 2 aromatic carbocycles. The van der Waals surface area contributed by atoms with E-state index in [1.54, 1.807) is 34.1 Å². The summed E-state index contributed by atoms with van der Waals surface area (Å²) in [4.78, 5) is 61.7. The lowest BCUT2D eigenvalue weighted by molar-refractivity contribution is -0.138. The Morgan fingerprint density at radius 1 is 1.03 bits per heavy atom. The number of nitrogens with zero attached hydrogens (tertiary/aromatic N) is 3. The number of benzene rings is 2. The molecule has 0 saturated carbocycles. The summed E-state index contributed by atoms with van der Waals surface area (Å²) >= 11 is 0. The van der Waals surface area contributed by atoms with Gasteiger partial charge in [0.1, 0.15) is 12.1 Å². The number of hydrogen-bond donors (Lipinski definition) is 2. The van der Waals surface area contributed by atoms with Crippen LogP contribution in [0.3, 0.4) is 0 Å². The van der Waals surface area contributed by atoms with Gasteiger partial charge in [0.15, 0.2) is 5.78 Å². The fourth-order valence-corrected chi connectivity index (χ4v) is 5.73. The monoisotopic (exact) mass is 529 g/mol. The molecule has 2 aliphatic heterocycles. The molecule has 2 aliphatic rings. The zero-order valence-corrected chi connectivity index (χ0v) is 22.8. The molecule has 9 nitrogen and oxygen atoms in total. The van der Waals surface area contributed by atoms with Crippen molar-refractivity contribution in [2.24, 2.45) is 5.92 Å². The van der Waals surface area contributed by atoms with Crippen LogP contribution in [0.4, 0.5) is 5.69 Å². The van der Waals surface area contributed by atoms with Crippen molar-refractivity contribution in [1.82, 2.24) is 20.1 Å². The molecule has 2 saturated heterocycles. The third kappa shape index (κ3) is 5.13. The van der Waals surface area contributed by atoms with Crippen molar-refractivity contribution in [2.45, 2.75) is 44.8 Å². The van der Waals surface area contributed by atoms with Crippen molar-refractivity contribution < 1.29 is 19.2 Å². The van der Waals surface area contributed by atoms with Crippen LogP contribution in [0.5, 0.6) is 0 Å². The number of aromatic nitrogens is 1. The van der Waals surface area contributed by atoms with E-state index in [-0.39, 0.29) is 42.0 Å². The van der Waals surface area contributed by atoms with E-state index in [1.165, 1.54) is 0 Å². The van der Waals surface area contributed by atoms with E-state index >= 15 is 0 Å². The minimum Gasteiger partial charge on any atom is -0.378 e. The predicted molar refractivity (Wildman–Crippen MR) is 150 cm³/mol. The van der Waals surface area contributed by atoms with Crippen LogP contribution < -0.4 is 10.2 Å². The molecule has 3 aromatic rings. The zero-order valence-electron chi connectivity index (χ0n) is 22.8. The van der Waals surface area contributed by atoms with Crippen LogP contribution in [0.1, 0.15) is 47.4 Å². The first-order valence-corrected chi connectivity index (χ1v) is 13.4. The van der Waals surface area contributed by atoms with Crippen LogP contribution in [0.2, 0.25) is 0 Å². The van der Waals surface area contributed by atoms with Gasteiger partial charge in [0.2, 0.25) is 5.91 Å². The molecule has 0 bridgehead atoms. The van der Waals surface area contributed by atoms with Gasteiger partial charge in [-0.3, -0.25) is 19.2 Å². The number of fused-ring (bicyclic) bond motifs is 2. The highest BCUT2D eigenvalue weighted by Crippen LogP contribution is 2.32. The van der Waals surface area contributed by atoms with Crippen LogP contribution in [0.15, 0.2) is 54.7 Å². The van der Waals surface area contributed by atoms with Gasteiger partial charge in [-0.25, -0.2) is 0 Å². The Balaban J connectivity index is 1.32. The molecule has 2 fully saturated rings. The van der Waals surface area contributed by atoms with Gasteiger partial charge < -0.3 is 25.0 Å². The lowest BCUT2D eigenvalue weighted by Gasteiger charge is -2.29. The lowest BCUT2D eigenvalue weighted by atomic mass is 10.0. The molecule has 39 heavy (non-hydrogen) atoms. The second-order valence-corrected chi connectivity index (χ2v) is 11.1. The minimum atomic E-state index is -0.766. The minimum absolute atomic E-state index is 0.0276. The van der Waals surface area contributed by atoms with Crippen LogP contribution in [-0.4, -0.2) is 83.6 Å². The molecule has 0 spiro atoms. The van der Waals surface area contributed by atoms with Crippen molar-refractivity contribution in [1.29, 1.82) is 0 Å². The Morgan fingerprint density at radius 3 is 2.44 bits per heavy atom. The SMILES string of the molecule is CC(C)C[C@H](NC(=O)c1ccc(N(C)C)cc1)C(=O)N1CCC2[C@H]1C(=O)CN2C(=O)c1ccc2cc[nH]c2c1. The molecule has 0 aliphatic carbocycles. The van der Waals surface area contributed by atoms with Crippen molar-refractivity contribution >= 4 is 40.1 Å². The average Bonchev–Trinajstić information content (AvgIpc) is 3.63. The van der Waals surface area contributed by atoms with E-state index in [4.69, 9.17) is 0 Å². The number of aromatic amines is 1. The standard InChI is InChI=1S/C30H35N5O4/c1-18(2)15-24(32-28(37)20-7-9-22(10-8-20)33(3)4)30(39)34-14-12-25-27(34)26(36)17-35(25)29(38)21-6-5-19-11-13-31-23(19)16-21/h5-11,13,16,18,24-25,27,31H,12,14-15,17H2,1-4H3,(H,32,37)/t24-,25?,27-/m0/s1. The second kappa shape index (κ2) is 10.6. The third-order valence-corrected chi connectivity index (χ3v) is 7.72. The molecule has 3 heterocycles. The van der Waals surface area contributed by atoms with Crippen LogP contribution in [0, 0.1) is 5.92 Å². The van der Waals surface area contributed by atoms with Crippen molar-refractivity contribution in [2.75, 3.05) is 32.1 Å². The maximum Gasteiger partial charge on any atom is 0.254 e. The summed E-state index contributed by atoms with van der Waals surface area (Å²) in [5.41, 5.74) is 2.80. The number of ketones is 1. The van der Waals surface area contributed by atoms with E-state index in [1.807, 2.05) is 63.3 Å². The Labute approximate surface area is 228 Å². The van der Waals surface area contributed by atoms with Crippen molar-refractivity contribution in [3.63, 3.8) is 0 Å². The van der Waals surface area contributed by atoms with E-state index < -0.39 is 12.1 Å². The van der Waals surface area contributed by atoms with Crippen LogP contribution in [-0.2, 0) is 9.59 Å². The summed E-state index contributed by atoms with van der Waals surface area (Å²) < 4.78 is 0. The molecule has 1 unspecified atom stereocenters. The maximum absolute atomic E-state index is 13.8.